The van der Waals surface area contributed by atoms with Gasteiger partial charge in [0.15, 0.2) is 5.78 Å². The number of Topliss-reactive ketones (excluding diaryl/α,β-unsaturated/α-hetero) is 1. The van der Waals surface area contributed by atoms with Crippen molar-refractivity contribution in [3.05, 3.63) is 45.4 Å². The molecule has 0 bridgehead atoms. The van der Waals surface area contributed by atoms with Gasteiger partial charge in [0.25, 0.3) is 0 Å². The first-order chi connectivity index (χ1) is 8.91. The van der Waals surface area contributed by atoms with E-state index in [1.807, 2.05) is 6.92 Å². The molecule has 1 heterocycles. The Hall–Kier alpha value is -1.69. The molecule has 2 N–H and O–H groups in total. The van der Waals surface area contributed by atoms with Gasteiger partial charge in [0, 0.05) is 12.6 Å². The Bertz CT molecular complexity index is 652. The molecule has 1 aromatic heterocycles. The van der Waals surface area contributed by atoms with Gasteiger partial charge in [0.05, 0.1) is 28.0 Å². The van der Waals surface area contributed by atoms with Gasteiger partial charge in [0.1, 0.15) is 5.82 Å². The standard InChI is InChI=1S/C13H13BrFN3O/c1-7-12(14)10(18(2)17-7)6-11(19)8-4-3-5-9(15)13(8)16/h3-5H,6,16H2,1-2H3. The topological polar surface area (TPSA) is 60.9 Å². The molecular formula is C13H13BrFN3O. The van der Waals surface area contributed by atoms with Crippen molar-refractivity contribution in [1.29, 1.82) is 0 Å². The van der Waals surface area contributed by atoms with E-state index in [0.29, 0.717) is 0 Å². The molecule has 2 aromatic rings. The van der Waals surface area contributed by atoms with Crippen molar-refractivity contribution in [2.75, 3.05) is 5.73 Å². The minimum Gasteiger partial charge on any atom is -0.396 e. The molecule has 1 aromatic carbocycles. The Morgan fingerprint density at radius 3 is 2.79 bits per heavy atom. The molecular weight excluding hydrogens is 313 g/mol. The molecule has 0 amide bonds. The number of aromatic nitrogens is 2. The molecule has 0 aliphatic heterocycles. The predicted molar refractivity (Wildman–Crippen MR) is 74.5 cm³/mol. The van der Waals surface area contributed by atoms with Crippen LogP contribution in [0.1, 0.15) is 21.7 Å². The van der Waals surface area contributed by atoms with E-state index in [4.69, 9.17) is 5.73 Å². The van der Waals surface area contributed by atoms with Crippen molar-refractivity contribution < 1.29 is 9.18 Å². The molecule has 0 atom stereocenters. The summed E-state index contributed by atoms with van der Waals surface area (Å²) in [5.41, 5.74) is 7.22. The average Bonchev–Trinajstić information content (AvgIpc) is 2.59. The first kappa shape index (κ1) is 13.7. The van der Waals surface area contributed by atoms with Crippen LogP contribution >= 0.6 is 15.9 Å². The molecule has 0 radical (unpaired) electrons. The van der Waals surface area contributed by atoms with Crippen LogP contribution < -0.4 is 5.73 Å². The highest BCUT2D eigenvalue weighted by Gasteiger charge is 2.18. The smallest absolute Gasteiger partial charge is 0.171 e. The lowest BCUT2D eigenvalue weighted by Crippen LogP contribution is -2.11. The lowest BCUT2D eigenvalue weighted by molar-refractivity contribution is 0.0991. The average molecular weight is 326 g/mol. The van der Waals surface area contributed by atoms with Crippen molar-refractivity contribution in [2.45, 2.75) is 13.3 Å². The van der Waals surface area contributed by atoms with Crippen LogP contribution in [0.4, 0.5) is 10.1 Å². The van der Waals surface area contributed by atoms with Crippen LogP contribution in [0, 0.1) is 12.7 Å². The zero-order chi connectivity index (χ0) is 14.2. The van der Waals surface area contributed by atoms with Gasteiger partial charge in [-0.15, -0.1) is 0 Å². The summed E-state index contributed by atoms with van der Waals surface area (Å²) in [5, 5.41) is 4.21. The third kappa shape index (κ3) is 2.53. The first-order valence-corrected chi connectivity index (χ1v) is 6.46. The van der Waals surface area contributed by atoms with E-state index in [1.165, 1.54) is 18.2 Å². The van der Waals surface area contributed by atoms with Gasteiger partial charge in [0.2, 0.25) is 0 Å². The zero-order valence-electron chi connectivity index (χ0n) is 10.6. The number of benzene rings is 1. The minimum atomic E-state index is -0.578. The van der Waals surface area contributed by atoms with Crippen molar-refractivity contribution in [3.63, 3.8) is 0 Å². The van der Waals surface area contributed by atoms with Crippen molar-refractivity contribution in [1.82, 2.24) is 9.78 Å². The van der Waals surface area contributed by atoms with Crippen LogP contribution in [0.3, 0.4) is 0 Å². The minimum absolute atomic E-state index is 0.109. The third-order valence-corrected chi connectivity index (χ3v) is 3.97. The second-order valence-corrected chi connectivity index (χ2v) is 5.06. The van der Waals surface area contributed by atoms with Gasteiger partial charge >= 0.3 is 0 Å². The number of rotatable bonds is 3. The molecule has 0 saturated carbocycles. The predicted octanol–water partition coefficient (Wildman–Crippen LogP) is 2.64. The molecule has 4 nitrogen and oxygen atoms in total. The summed E-state index contributed by atoms with van der Waals surface area (Å²) < 4.78 is 15.8. The van der Waals surface area contributed by atoms with Crippen LogP contribution in [0.2, 0.25) is 0 Å². The number of anilines is 1. The number of hydrogen-bond donors (Lipinski definition) is 1. The Morgan fingerprint density at radius 2 is 2.21 bits per heavy atom. The van der Waals surface area contributed by atoms with E-state index < -0.39 is 5.82 Å². The van der Waals surface area contributed by atoms with Crippen molar-refractivity contribution >= 4 is 27.4 Å². The van der Waals surface area contributed by atoms with Gasteiger partial charge in [-0.05, 0) is 35.0 Å². The number of ketones is 1. The maximum Gasteiger partial charge on any atom is 0.171 e. The highest BCUT2D eigenvalue weighted by atomic mass is 79.9. The number of carbonyl (C=O) groups excluding carboxylic acids is 1. The largest absolute Gasteiger partial charge is 0.396 e. The molecule has 6 heteroatoms. The van der Waals surface area contributed by atoms with Crippen LogP contribution in [-0.4, -0.2) is 15.6 Å². The highest BCUT2D eigenvalue weighted by molar-refractivity contribution is 9.10. The zero-order valence-corrected chi connectivity index (χ0v) is 12.2. The van der Waals surface area contributed by atoms with Crippen LogP contribution in [0.15, 0.2) is 22.7 Å². The number of para-hydroxylation sites is 1. The van der Waals surface area contributed by atoms with Gasteiger partial charge in [-0.1, -0.05) is 6.07 Å². The first-order valence-electron chi connectivity index (χ1n) is 5.67. The van der Waals surface area contributed by atoms with E-state index in [9.17, 15) is 9.18 Å². The summed E-state index contributed by atoms with van der Waals surface area (Å²) >= 11 is 3.39. The van der Waals surface area contributed by atoms with Crippen molar-refractivity contribution in [3.8, 4) is 0 Å². The maximum atomic E-state index is 13.3. The number of halogens is 2. The molecule has 2 rings (SSSR count). The number of nitrogens with two attached hydrogens (primary N) is 1. The maximum absolute atomic E-state index is 13.3. The summed E-state index contributed by atoms with van der Waals surface area (Å²) in [6.07, 6.45) is 0.117. The van der Waals surface area contributed by atoms with E-state index in [-0.39, 0.29) is 23.5 Å². The fourth-order valence-electron chi connectivity index (χ4n) is 1.90. The van der Waals surface area contributed by atoms with Crippen molar-refractivity contribution in [2.24, 2.45) is 7.05 Å². The molecule has 0 spiro atoms. The van der Waals surface area contributed by atoms with Crippen LogP contribution in [-0.2, 0) is 13.5 Å². The van der Waals surface area contributed by atoms with Gasteiger partial charge in [-0.3, -0.25) is 9.48 Å². The fraction of sp³-hybridized carbons (Fsp3) is 0.231. The second-order valence-electron chi connectivity index (χ2n) is 4.27. The summed E-state index contributed by atoms with van der Waals surface area (Å²) in [6.45, 7) is 1.84. The van der Waals surface area contributed by atoms with E-state index in [1.54, 1.807) is 11.7 Å². The molecule has 0 fully saturated rings. The van der Waals surface area contributed by atoms with E-state index in [0.717, 1.165) is 15.9 Å². The van der Waals surface area contributed by atoms with Gasteiger partial charge in [-0.2, -0.15) is 5.10 Å². The van der Waals surface area contributed by atoms with E-state index >= 15 is 0 Å². The highest BCUT2D eigenvalue weighted by Crippen LogP contribution is 2.23. The quantitative estimate of drug-likeness (QED) is 0.697. The molecule has 0 aliphatic carbocycles. The molecule has 19 heavy (non-hydrogen) atoms. The number of aryl methyl sites for hydroxylation is 2. The number of nitrogen functional groups attached to an aromatic ring is 1. The van der Waals surface area contributed by atoms with Crippen LogP contribution in [0.25, 0.3) is 0 Å². The normalized spacial score (nSPS) is 10.7. The molecule has 0 aliphatic rings. The fourth-order valence-corrected chi connectivity index (χ4v) is 2.38. The SMILES string of the molecule is Cc1nn(C)c(CC(=O)c2cccc(F)c2N)c1Br. The molecule has 0 unspecified atom stereocenters. The number of nitrogens with zero attached hydrogens (tertiary/aromatic N) is 2. The Labute approximate surface area is 118 Å². The summed E-state index contributed by atoms with van der Waals surface area (Å²) in [5.74, 6) is -0.813. The monoisotopic (exact) mass is 325 g/mol. The summed E-state index contributed by atoms with van der Waals surface area (Å²) in [4.78, 5) is 12.2. The lowest BCUT2D eigenvalue weighted by atomic mass is 10.0. The number of hydrogen-bond acceptors (Lipinski definition) is 3. The van der Waals surface area contributed by atoms with E-state index in [2.05, 4.69) is 21.0 Å². The lowest BCUT2D eigenvalue weighted by Gasteiger charge is -2.06. The Morgan fingerprint density at radius 1 is 1.53 bits per heavy atom. The second kappa shape index (κ2) is 5.13. The molecule has 0 saturated heterocycles. The number of carbonyl (C=O) groups is 1. The van der Waals surface area contributed by atoms with Gasteiger partial charge < -0.3 is 5.73 Å². The Balaban J connectivity index is 2.34. The third-order valence-electron chi connectivity index (χ3n) is 2.94. The Kier molecular flexibility index (Phi) is 3.71. The summed E-state index contributed by atoms with van der Waals surface area (Å²) in [6, 6.07) is 4.23. The summed E-state index contributed by atoms with van der Waals surface area (Å²) in [7, 11) is 1.76. The van der Waals surface area contributed by atoms with Crippen LogP contribution in [0.5, 0.6) is 0 Å². The van der Waals surface area contributed by atoms with Gasteiger partial charge in [-0.25, -0.2) is 4.39 Å². The molecule has 100 valence electrons.